The first kappa shape index (κ1) is 4.79. The summed E-state index contributed by atoms with van der Waals surface area (Å²) in [4.78, 5) is 0. The Kier molecular flexibility index (Phi) is 0.570. The summed E-state index contributed by atoms with van der Waals surface area (Å²) >= 11 is 0. The second-order valence-electron chi connectivity index (χ2n) is 4.96. The van der Waals surface area contributed by atoms with Crippen LogP contribution >= 0.6 is 0 Å². The molecule has 0 spiro atoms. The van der Waals surface area contributed by atoms with Crippen molar-refractivity contribution in [1.82, 2.24) is 0 Å². The van der Waals surface area contributed by atoms with Crippen LogP contribution in [0.15, 0.2) is 0 Å². The van der Waals surface area contributed by atoms with Gasteiger partial charge >= 0.3 is 0 Å². The van der Waals surface area contributed by atoms with Crippen molar-refractivity contribution in [3.8, 4) is 0 Å². The Morgan fingerprint density at radius 2 is 0.800 bits per heavy atom. The van der Waals surface area contributed by atoms with Crippen molar-refractivity contribution in [2.45, 2.75) is 25.7 Å². The molecule has 54 valence electrons. The molecule has 4 aliphatic rings. The third-order valence-corrected chi connectivity index (χ3v) is 5.19. The minimum Gasteiger partial charge on any atom is -0.0496 e. The molecule has 4 rings (SSSR count). The lowest BCUT2D eigenvalue weighted by molar-refractivity contribution is -0.124. The van der Waals surface area contributed by atoms with E-state index in [1.807, 2.05) is 0 Å². The summed E-state index contributed by atoms with van der Waals surface area (Å²) in [6.07, 6.45) is 6.47. The molecule has 0 heterocycles. The molecule has 0 bridgehead atoms. The maximum Gasteiger partial charge on any atom is -0.0318 e. The Hall–Kier alpha value is 0. The van der Waals surface area contributed by atoms with E-state index in [0.29, 0.717) is 0 Å². The molecule has 0 aromatic carbocycles. The van der Waals surface area contributed by atoms with Crippen LogP contribution < -0.4 is 0 Å². The fraction of sp³-hybridized carbons (Fsp3) is 1.00. The van der Waals surface area contributed by atoms with E-state index >= 15 is 0 Å². The van der Waals surface area contributed by atoms with E-state index in [2.05, 4.69) is 0 Å². The van der Waals surface area contributed by atoms with Crippen molar-refractivity contribution in [3.05, 3.63) is 0 Å². The first-order chi connectivity index (χ1) is 4.97. The summed E-state index contributed by atoms with van der Waals surface area (Å²) in [7, 11) is 0. The van der Waals surface area contributed by atoms with Crippen molar-refractivity contribution < 1.29 is 0 Å². The maximum absolute atomic E-state index is 1.62. The summed E-state index contributed by atoms with van der Waals surface area (Å²) < 4.78 is 0. The molecule has 0 aromatic rings. The van der Waals surface area contributed by atoms with Crippen LogP contribution in [0.2, 0.25) is 0 Å². The van der Waals surface area contributed by atoms with Crippen LogP contribution in [0.25, 0.3) is 0 Å². The zero-order chi connectivity index (χ0) is 6.29. The Morgan fingerprint density at radius 1 is 0.500 bits per heavy atom. The van der Waals surface area contributed by atoms with Gasteiger partial charge < -0.3 is 0 Å². The summed E-state index contributed by atoms with van der Waals surface area (Å²) in [6.45, 7) is 0. The molecule has 0 heteroatoms. The highest BCUT2D eigenvalue weighted by atomic mass is 14.7. The molecule has 0 N–H and O–H groups in total. The lowest BCUT2D eigenvalue weighted by Crippen LogP contribution is -2.55. The van der Waals surface area contributed by atoms with E-state index in [1.165, 1.54) is 35.5 Å². The van der Waals surface area contributed by atoms with Gasteiger partial charge in [-0.25, -0.2) is 0 Å². The van der Waals surface area contributed by atoms with E-state index in [-0.39, 0.29) is 0 Å². The molecule has 0 radical (unpaired) electrons. The van der Waals surface area contributed by atoms with Gasteiger partial charge in [0.25, 0.3) is 0 Å². The van der Waals surface area contributed by atoms with Gasteiger partial charge in [-0.2, -0.15) is 0 Å². The van der Waals surface area contributed by atoms with Gasteiger partial charge in [0.2, 0.25) is 0 Å². The van der Waals surface area contributed by atoms with Crippen LogP contribution in [-0.4, -0.2) is 0 Å². The Labute approximate surface area is 62.0 Å². The van der Waals surface area contributed by atoms with Crippen LogP contribution in [0.5, 0.6) is 0 Å². The minimum atomic E-state index is 1.24. The molecular formula is C10H14. The van der Waals surface area contributed by atoms with Crippen LogP contribution in [0, 0.1) is 35.5 Å². The number of fused-ring (bicyclic) bond motifs is 2. The van der Waals surface area contributed by atoms with Crippen molar-refractivity contribution >= 4 is 0 Å². The largest absolute Gasteiger partial charge is 0.0496 e. The van der Waals surface area contributed by atoms with Crippen LogP contribution in [0.4, 0.5) is 0 Å². The molecule has 0 nitrogen and oxygen atoms in total. The van der Waals surface area contributed by atoms with E-state index in [1.54, 1.807) is 25.7 Å². The van der Waals surface area contributed by atoms with Gasteiger partial charge in [-0.1, -0.05) is 0 Å². The fourth-order valence-electron chi connectivity index (χ4n) is 5.02. The molecule has 0 aromatic heterocycles. The van der Waals surface area contributed by atoms with Gasteiger partial charge in [-0.05, 0) is 61.2 Å². The molecular weight excluding hydrogens is 120 g/mol. The normalized spacial score (nSPS) is 74.4. The lowest BCUT2D eigenvalue weighted by Gasteiger charge is -2.59. The Morgan fingerprint density at radius 3 is 1.10 bits per heavy atom. The standard InChI is InChI=1S/C10H14/c1-2-6-8-4-3-7-5(1)9(6)10(7)8/h5-10H,1-4H2. The van der Waals surface area contributed by atoms with Crippen LogP contribution in [0.3, 0.4) is 0 Å². The highest BCUT2D eigenvalue weighted by Gasteiger charge is 2.70. The highest BCUT2D eigenvalue weighted by Crippen LogP contribution is 2.76. The van der Waals surface area contributed by atoms with E-state index < -0.39 is 0 Å². The lowest BCUT2D eigenvalue weighted by atomic mass is 9.45. The number of hydrogen-bond donors (Lipinski definition) is 0. The Balaban J connectivity index is 1.87. The van der Waals surface area contributed by atoms with E-state index in [0.717, 1.165) is 0 Å². The summed E-state index contributed by atoms with van der Waals surface area (Å²) in [6, 6.07) is 0. The molecule has 0 amide bonds. The summed E-state index contributed by atoms with van der Waals surface area (Å²) in [5.41, 5.74) is 0. The first-order valence-electron chi connectivity index (χ1n) is 4.97. The van der Waals surface area contributed by atoms with E-state index in [9.17, 15) is 0 Å². The Bertz CT molecular complexity index is 131. The average Bonchev–Trinajstić information content (AvgIpc) is 2.10. The molecule has 4 aliphatic carbocycles. The van der Waals surface area contributed by atoms with Crippen molar-refractivity contribution in [1.29, 1.82) is 0 Å². The summed E-state index contributed by atoms with van der Waals surface area (Å²) in [5.74, 6) is 7.53. The van der Waals surface area contributed by atoms with Crippen molar-refractivity contribution in [3.63, 3.8) is 0 Å². The zero-order valence-electron chi connectivity index (χ0n) is 6.29. The van der Waals surface area contributed by atoms with Crippen molar-refractivity contribution in [2.24, 2.45) is 35.5 Å². The molecule has 4 atom stereocenters. The molecule has 4 saturated carbocycles. The maximum atomic E-state index is 1.62. The third kappa shape index (κ3) is 0.271. The molecule has 4 unspecified atom stereocenters. The molecule has 0 aliphatic heterocycles. The van der Waals surface area contributed by atoms with Crippen LogP contribution in [0.1, 0.15) is 25.7 Å². The van der Waals surface area contributed by atoms with Gasteiger partial charge in [-0.15, -0.1) is 0 Å². The average molecular weight is 134 g/mol. The predicted octanol–water partition coefficient (Wildman–Crippen LogP) is 2.30. The fourth-order valence-corrected chi connectivity index (χ4v) is 5.02. The van der Waals surface area contributed by atoms with Gasteiger partial charge in [-0.3, -0.25) is 0 Å². The first-order valence-corrected chi connectivity index (χ1v) is 4.97. The summed E-state index contributed by atoms with van der Waals surface area (Å²) in [5, 5.41) is 0. The highest BCUT2D eigenvalue weighted by molar-refractivity contribution is 5.18. The second kappa shape index (κ2) is 1.19. The third-order valence-electron chi connectivity index (χ3n) is 5.19. The van der Waals surface area contributed by atoms with Crippen molar-refractivity contribution in [2.75, 3.05) is 0 Å². The SMILES string of the molecule is C1CC2C3CCC4C1C2C43. The topological polar surface area (TPSA) is 0 Å². The number of rotatable bonds is 0. The second-order valence-corrected chi connectivity index (χ2v) is 4.96. The van der Waals surface area contributed by atoms with Gasteiger partial charge in [0.05, 0.1) is 0 Å². The van der Waals surface area contributed by atoms with Gasteiger partial charge in [0, 0.05) is 0 Å². The quantitative estimate of drug-likeness (QED) is 0.477. The zero-order valence-corrected chi connectivity index (χ0v) is 6.29. The monoisotopic (exact) mass is 134 g/mol. The molecule has 10 heavy (non-hydrogen) atoms. The van der Waals surface area contributed by atoms with Crippen LogP contribution in [-0.2, 0) is 0 Å². The minimum absolute atomic E-state index is 1.24. The number of hydrogen-bond acceptors (Lipinski definition) is 0. The predicted molar refractivity (Wildman–Crippen MR) is 39.4 cm³/mol. The molecule has 0 saturated heterocycles. The van der Waals surface area contributed by atoms with Gasteiger partial charge in [0.1, 0.15) is 0 Å². The molecule has 4 fully saturated rings. The van der Waals surface area contributed by atoms with E-state index in [4.69, 9.17) is 0 Å². The van der Waals surface area contributed by atoms with Gasteiger partial charge in [0.15, 0.2) is 0 Å². The smallest absolute Gasteiger partial charge is 0.0318 e.